The second-order valence-corrected chi connectivity index (χ2v) is 13.0. The van der Waals surface area contributed by atoms with Crippen molar-refractivity contribution >= 4 is 69.4 Å². The van der Waals surface area contributed by atoms with Gasteiger partial charge in [0, 0.05) is 33.3 Å². The predicted octanol–water partition coefficient (Wildman–Crippen LogP) is 7.82. The molecule has 0 saturated heterocycles. The fourth-order valence-corrected chi connectivity index (χ4v) is 6.55. The van der Waals surface area contributed by atoms with Crippen LogP contribution in [0, 0.1) is 0 Å². The van der Waals surface area contributed by atoms with Crippen LogP contribution in [0.15, 0.2) is 117 Å². The summed E-state index contributed by atoms with van der Waals surface area (Å²) in [5.74, 6) is 0.713. The minimum atomic E-state index is -1.29. The predicted molar refractivity (Wildman–Crippen MR) is 197 cm³/mol. The van der Waals surface area contributed by atoms with E-state index in [1.165, 1.54) is 11.8 Å². The Morgan fingerprint density at radius 1 is 0.792 bits per heavy atom. The van der Waals surface area contributed by atoms with Crippen molar-refractivity contribution in [1.82, 2.24) is 30.4 Å². The van der Waals surface area contributed by atoms with E-state index < -0.39 is 11.3 Å². The van der Waals surface area contributed by atoms with Gasteiger partial charge < -0.3 is 15.7 Å². The zero-order chi connectivity index (χ0) is 34.1. The third kappa shape index (κ3) is 11.0. The van der Waals surface area contributed by atoms with E-state index >= 15 is 0 Å². The number of aromatic amines is 2. The smallest absolute Gasteiger partial charge is 0.264 e. The molecule has 4 heterocycles. The van der Waals surface area contributed by atoms with E-state index in [9.17, 15) is 14.7 Å². The van der Waals surface area contributed by atoms with Gasteiger partial charge in [0.05, 0.1) is 5.25 Å². The van der Waals surface area contributed by atoms with Crippen molar-refractivity contribution in [2.24, 2.45) is 0 Å². The van der Waals surface area contributed by atoms with Crippen LogP contribution in [-0.4, -0.2) is 58.0 Å². The van der Waals surface area contributed by atoms with Crippen LogP contribution in [0.2, 0.25) is 0 Å². The standard InChI is InChI=1S/C17H16N4OS2.C14H12N4O2S2.C2H6/c1-2-6-14(16(22)18-13-7-4-3-5-8-13)24-17-19-15(20-21-17)12-9-10-23-11-12;19-12(15-10-4-2-1-3-5-10)13(20)22-14-16-11(17-18-14)9-6-7-21-8-9;1-2/h2-5,7-11,14H,1,6H2,(H,18,22)(H,19,20,21);1-8,13,20H,(H,15,19)(H,16,17,18);1-2H3. The molecular weight excluding hydrogens is 685 g/mol. The van der Waals surface area contributed by atoms with Crippen LogP contribution in [0.25, 0.3) is 22.8 Å². The van der Waals surface area contributed by atoms with Crippen LogP contribution in [0.3, 0.4) is 0 Å². The first-order valence-corrected chi connectivity index (χ1v) is 18.4. The molecule has 0 spiro atoms. The summed E-state index contributed by atoms with van der Waals surface area (Å²) in [5, 5.41) is 37.7. The van der Waals surface area contributed by atoms with Gasteiger partial charge in [-0.2, -0.15) is 22.7 Å². The van der Waals surface area contributed by atoms with Crippen molar-refractivity contribution in [3.8, 4) is 22.8 Å². The monoisotopic (exact) mass is 718 g/mol. The molecule has 0 aliphatic heterocycles. The molecule has 0 radical (unpaired) electrons. The van der Waals surface area contributed by atoms with E-state index in [4.69, 9.17) is 0 Å². The van der Waals surface area contributed by atoms with Crippen molar-refractivity contribution in [2.75, 3.05) is 10.6 Å². The maximum atomic E-state index is 12.5. The summed E-state index contributed by atoms with van der Waals surface area (Å²) in [6.45, 7) is 7.74. The van der Waals surface area contributed by atoms with Gasteiger partial charge in [0.1, 0.15) is 0 Å². The minimum Gasteiger partial charge on any atom is -0.373 e. The fraction of sp³-hybridized carbons (Fsp3) is 0.152. The Bertz CT molecular complexity index is 1810. The first kappa shape index (κ1) is 36.3. The van der Waals surface area contributed by atoms with Crippen molar-refractivity contribution in [3.05, 3.63) is 107 Å². The summed E-state index contributed by atoms with van der Waals surface area (Å²) in [4.78, 5) is 33.1. The summed E-state index contributed by atoms with van der Waals surface area (Å²) in [6, 6.07) is 22.2. The number of H-pyrrole nitrogens is 2. The van der Waals surface area contributed by atoms with Crippen molar-refractivity contribution < 1.29 is 14.7 Å². The van der Waals surface area contributed by atoms with Gasteiger partial charge in [-0.3, -0.25) is 19.8 Å². The lowest BCUT2D eigenvalue weighted by Crippen LogP contribution is -2.24. The lowest BCUT2D eigenvalue weighted by atomic mass is 10.2. The molecule has 4 aromatic heterocycles. The van der Waals surface area contributed by atoms with Crippen LogP contribution in [-0.2, 0) is 9.59 Å². The summed E-state index contributed by atoms with van der Waals surface area (Å²) in [7, 11) is 0. The molecular formula is C33H34N8O3S4. The number of amides is 2. The van der Waals surface area contributed by atoms with Crippen molar-refractivity contribution in [1.29, 1.82) is 0 Å². The highest BCUT2D eigenvalue weighted by Crippen LogP contribution is 2.27. The molecule has 2 aromatic carbocycles. The molecule has 2 atom stereocenters. The van der Waals surface area contributed by atoms with Gasteiger partial charge in [-0.25, -0.2) is 9.97 Å². The number of aliphatic hydroxyl groups is 1. The Morgan fingerprint density at radius 2 is 1.27 bits per heavy atom. The average Bonchev–Trinajstić information content (AvgIpc) is 3.95. The highest BCUT2D eigenvalue weighted by Gasteiger charge is 2.22. The summed E-state index contributed by atoms with van der Waals surface area (Å²) < 4.78 is 0. The SMILES string of the molecule is C=CCC(Sc1n[nH]c(-c2ccsc2)n1)C(=O)Nc1ccccc1.CC.O=C(Nc1ccccc1)C(O)Sc1n[nH]c(-c2ccsc2)n1. The first-order chi connectivity index (χ1) is 23.5. The molecule has 2 unspecified atom stereocenters. The van der Waals surface area contributed by atoms with Gasteiger partial charge >= 0.3 is 0 Å². The molecule has 15 heteroatoms. The molecule has 0 saturated carbocycles. The van der Waals surface area contributed by atoms with E-state index in [0.717, 1.165) is 28.6 Å². The Labute approximate surface area is 294 Å². The van der Waals surface area contributed by atoms with Gasteiger partial charge in [-0.05, 0) is 65.3 Å². The largest absolute Gasteiger partial charge is 0.373 e. The molecule has 0 aliphatic rings. The highest BCUT2D eigenvalue weighted by atomic mass is 32.2. The van der Waals surface area contributed by atoms with Crippen molar-refractivity contribution in [3.63, 3.8) is 0 Å². The van der Waals surface area contributed by atoms with E-state index in [1.807, 2.05) is 83.9 Å². The van der Waals surface area contributed by atoms with Gasteiger partial charge in [-0.15, -0.1) is 16.8 Å². The van der Waals surface area contributed by atoms with Crippen LogP contribution in [0.1, 0.15) is 20.3 Å². The highest BCUT2D eigenvalue weighted by molar-refractivity contribution is 8.00. The second-order valence-electron chi connectivity index (χ2n) is 9.27. The second kappa shape index (κ2) is 19.3. The van der Waals surface area contributed by atoms with E-state index in [0.29, 0.717) is 34.1 Å². The Kier molecular flexibility index (Phi) is 14.6. The maximum Gasteiger partial charge on any atom is 0.264 e. The lowest BCUT2D eigenvalue weighted by Gasteiger charge is -2.13. The molecule has 6 aromatic rings. The molecule has 11 nitrogen and oxygen atoms in total. The number of carbonyl (C=O) groups is 2. The Hall–Kier alpha value is -4.54. The van der Waals surface area contributed by atoms with E-state index in [-0.39, 0.29) is 11.2 Å². The summed E-state index contributed by atoms with van der Waals surface area (Å²) in [6.07, 6.45) is 2.26. The van der Waals surface area contributed by atoms with Gasteiger partial charge in [0.2, 0.25) is 16.2 Å². The van der Waals surface area contributed by atoms with Crippen LogP contribution < -0.4 is 10.6 Å². The molecule has 6 rings (SSSR count). The van der Waals surface area contributed by atoms with Gasteiger partial charge in [0.15, 0.2) is 17.1 Å². The van der Waals surface area contributed by atoms with E-state index in [2.05, 4.69) is 47.6 Å². The zero-order valence-electron chi connectivity index (χ0n) is 26.1. The number of hydrogen-bond acceptors (Lipinski definition) is 11. The average molecular weight is 719 g/mol. The Morgan fingerprint density at radius 3 is 1.73 bits per heavy atom. The van der Waals surface area contributed by atoms with Crippen molar-refractivity contribution in [2.45, 2.75) is 41.3 Å². The van der Waals surface area contributed by atoms with Crippen LogP contribution in [0.5, 0.6) is 0 Å². The molecule has 0 aliphatic carbocycles. The number of carbonyl (C=O) groups excluding carboxylic acids is 2. The molecule has 2 amide bonds. The third-order valence-electron chi connectivity index (χ3n) is 5.96. The summed E-state index contributed by atoms with van der Waals surface area (Å²) >= 11 is 5.36. The molecule has 0 bridgehead atoms. The molecule has 5 N–H and O–H groups in total. The number of para-hydroxylation sites is 2. The number of benzene rings is 2. The number of aliphatic hydroxyl groups excluding tert-OH is 1. The molecule has 248 valence electrons. The number of thioether (sulfide) groups is 2. The zero-order valence-corrected chi connectivity index (χ0v) is 29.3. The fourth-order valence-electron chi connectivity index (χ4n) is 3.77. The van der Waals surface area contributed by atoms with E-state index in [1.54, 1.807) is 53.0 Å². The Balaban J connectivity index is 0.000000207. The molecule has 0 fully saturated rings. The van der Waals surface area contributed by atoms with Gasteiger partial charge in [-0.1, -0.05) is 68.1 Å². The molecule has 48 heavy (non-hydrogen) atoms. The minimum absolute atomic E-state index is 0.0898. The number of rotatable bonds is 12. The summed E-state index contributed by atoms with van der Waals surface area (Å²) in [5.41, 5.74) is 2.03. The number of allylic oxidation sites excluding steroid dienone is 1. The van der Waals surface area contributed by atoms with Crippen LogP contribution >= 0.6 is 46.2 Å². The topological polar surface area (TPSA) is 162 Å². The number of thiophene rings is 2. The number of nitrogens with one attached hydrogen (secondary N) is 4. The quantitative estimate of drug-likeness (QED) is 0.0483. The lowest BCUT2D eigenvalue weighted by molar-refractivity contribution is -0.120. The number of aromatic nitrogens is 6. The van der Waals surface area contributed by atoms with Crippen LogP contribution in [0.4, 0.5) is 11.4 Å². The maximum absolute atomic E-state index is 12.5. The van der Waals surface area contributed by atoms with Gasteiger partial charge in [0.25, 0.3) is 5.91 Å². The number of nitrogens with zero attached hydrogens (tertiary/aromatic N) is 4. The third-order valence-corrected chi connectivity index (χ3v) is 9.25. The normalized spacial score (nSPS) is 11.6. The first-order valence-electron chi connectivity index (χ1n) is 14.7. The number of anilines is 2. The number of hydrogen-bond donors (Lipinski definition) is 5.